The average Bonchev–Trinajstić information content (AvgIpc) is 2.51. The van der Waals surface area contributed by atoms with E-state index < -0.39 is 25.4 Å². The fraction of sp³-hybridized carbons (Fsp3) is 0.500. The van der Waals surface area contributed by atoms with Gasteiger partial charge in [0.2, 0.25) is 5.91 Å². The Kier molecular flexibility index (Phi) is 6.60. The fourth-order valence-electron chi connectivity index (χ4n) is 1.78. The Morgan fingerprint density at radius 2 is 1.70 bits per heavy atom. The first-order chi connectivity index (χ1) is 9.56. The fourth-order valence-corrected chi connectivity index (χ4v) is 1.78. The van der Waals surface area contributed by atoms with Crippen molar-refractivity contribution in [2.75, 3.05) is 19.8 Å². The van der Waals surface area contributed by atoms with Gasteiger partial charge < -0.3 is 26.4 Å². The van der Waals surface area contributed by atoms with Crippen LogP contribution in [0.4, 0.5) is 0 Å². The van der Waals surface area contributed by atoms with Gasteiger partial charge in [0, 0.05) is 12.5 Å². The topological polar surface area (TPSA) is 116 Å². The first-order valence-corrected chi connectivity index (χ1v) is 6.51. The number of aliphatic hydroxyl groups is 3. The summed E-state index contributed by atoms with van der Waals surface area (Å²) >= 11 is 0. The van der Waals surface area contributed by atoms with Gasteiger partial charge in [-0.2, -0.15) is 0 Å². The summed E-state index contributed by atoms with van der Waals surface area (Å²) in [5, 5.41) is 29.8. The van der Waals surface area contributed by atoms with Crippen LogP contribution in [-0.4, -0.2) is 46.6 Å². The Labute approximate surface area is 118 Å². The smallest absolute Gasteiger partial charge is 0.220 e. The van der Waals surface area contributed by atoms with Crippen molar-refractivity contribution in [3.05, 3.63) is 35.9 Å². The molecule has 0 radical (unpaired) electrons. The van der Waals surface area contributed by atoms with Gasteiger partial charge >= 0.3 is 0 Å². The third-order valence-electron chi connectivity index (χ3n) is 3.22. The summed E-state index contributed by atoms with van der Waals surface area (Å²) < 4.78 is 0. The molecule has 1 unspecified atom stereocenters. The van der Waals surface area contributed by atoms with E-state index in [-0.39, 0.29) is 18.4 Å². The number of hydrogen-bond acceptors (Lipinski definition) is 5. The van der Waals surface area contributed by atoms with Crippen LogP contribution in [0.15, 0.2) is 30.3 Å². The zero-order valence-electron chi connectivity index (χ0n) is 11.3. The first-order valence-electron chi connectivity index (χ1n) is 6.51. The second-order valence-electron chi connectivity index (χ2n) is 4.86. The number of rotatable bonds is 8. The average molecular weight is 282 g/mol. The molecule has 6 heteroatoms. The lowest BCUT2D eigenvalue weighted by Gasteiger charge is -2.28. The van der Waals surface area contributed by atoms with Gasteiger partial charge in [0.05, 0.1) is 19.8 Å². The highest BCUT2D eigenvalue weighted by Gasteiger charge is 2.29. The molecule has 112 valence electrons. The van der Waals surface area contributed by atoms with Gasteiger partial charge in [-0.25, -0.2) is 0 Å². The molecule has 0 saturated carbocycles. The number of carbonyl (C=O) groups excluding carboxylic acids is 1. The van der Waals surface area contributed by atoms with E-state index in [1.54, 1.807) is 0 Å². The molecule has 1 atom stereocenters. The zero-order chi connectivity index (χ0) is 15.0. The second-order valence-corrected chi connectivity index (χ2v) is 4.86. The number of nitrogens with one attached hydrogen (secondary N) is 1. The summed E-state index contributed by atoms with van der Waals surface area (Å²) in [6.07, 6.45) is 0.589. The molecule has 1 aromatic carbocycles. The molecule has 0 aromatic heterocycles. The normalized spacial score (nSPS) is 13.0. The van der Waals surface area contributed by atoms with E-state index in [2.05, 4.69) is 5.32 Å². The number of benzene rings is 1. The number of carbonyl (C=O) groups is 1. The number of aliphatic hydroxyl groups excluding tert-OH is 3. The van der Waals surface area contributed by atoms with E-state index in [1.165, 1.54) is 0 Å². The molecule has 1 amide bonds. The molecule has 0 bridgehead atoms. The monoisotopic (exact) mass is 282 g/mol. The van der Waals surface area contributed by atoms with Crippen molar-refractivity contribution in [2.24, 2.45) is 5.73 Å². The molecule has 0 aliphatic heterocycles. The van der Waals surface area contributed by atoms with Crippen LogP contribution < -0.4 is 11.1 Å². The summed E-state index contributed by atoms with van der Waals surface area (Å²) in [6.45, 7) is -1.59. The Hall–Kier alpha value is -1.47. The maximum absolute atomic E-state index is 11.8. The maximum atomic E-state index is 11.8. The van der Waals surface area contributed by atoms with Crippen molar-refractivity contribution >= 4 is 5.91 Å². The minimum absolute atomic E-state index is 0.151. The lowest BCUT2D eigenvalue weighted by atomic mass is 10.0. The van der Waals surface area contributed by atoms with E-state index in [0.717, 1.165) is 5.56 Å². The molecule has 1 aromatic rings. The lowest BCUT2D eigenvalue weighted by Crippen LogP contribution is -2.57. The number of amides is 1. The molecule has 0 saturated heterocycles. The number of hydrogen-bond donors (Lipinski definition) is 5. The van der Waals surface area contributed by atoms with Crippen molar-refractivity contribution in [3.8, 4) is 0 Å². The van der Waals surface area contributed by atoms with E-state index in [0.29, 0.717) is 6.42 Å². The minimum atomic E-state index is -1.38. The van der Waals surface area contributed by atoms with Crippen LogP contribution in [-0.2, 0) is 4.79 Å². The Morgan fingerprint density at radius 3 is 2.20 bits per heavy atom. The number of nitrogens with two attached hydrogens (primary N) is 1. The van der Waals surface area contributed by atoms with E-state index >= 15 is 0 Å². The van der Waals surface area contributed by atoms with Crippen LogP contribution in [0.25, 0.3) is 0 Å². The summed E-state index contributed by atoms with van der Waals surface area (Å²) in [5.74, 6) is -0.367. The Balaban J connectivity index is 2.47. The van der Waals surface area contributed by atoms with Gasteiger partial charge in [-0.15, -0.1) is 0 Å². The molecule has 6 N–H and O–H groups in total. The molecule has 0 aliphatic carbocycles. The molecule has 0 spiro atoms. The highest BCUT2D eigenvalue weighted by Crippen LogP contribution is 2.15. The largest absolute Gasteiger partial charge is 0.394 e. The van der Waals surface area contributed by atoms with Crippen LogP contribution in [0.1, 0.15) is 24.4 Å². The third kappa shape index (κ3) is 4.57. The van der Waals surface area contributed by atoms with Crippen LogP contribution in [0.5, 0.6) is 0 Å². The van der Waals surface area contributed by atoms with Gasteiger partial charge in [0.1, 0.15) is 5.54 Å². The highest BCUT2D eigenvalue weighted by atomic mass is 16.3. The van der Waals surface area contributed by atoms with E-state index in [1.807, 2.05) is 30.3 Å². The maximum Gasteiger partial charge on any atom is 0.220 e. The van der Waals surface area contributed by atoms with Crippen molar-refractivity contribution in [1.29, 1.82) is 0 Å². The van der Waals surface area contributed by atoms with Gasteiger partial charge in [0.15, 0.2) is 0 Å². The summed E-state index contributed by atoms with van der Waals surface area (Å²) in [5.41, 5.74) is 5.54. The highest BCUT2D eigenvalue weighted by molar-refractivity contribution is 5.76. The molecular weight excluding hydrogens is 260 g/mol. The van der Waals surface area contributed by atoms with Crippen molar-refractivity contribution in [2.45, 2.75) is 24.4 Å². The molecule has 0 fully saturated rings. The summed E-state index contributed by atoms with van der Waals surface area (Å²) in [6, 6.07) is 9.17. The van der Waals surface area contributed by atoms with E-state index in [9.17, 15) is 4.79 Å². The van der Waals surface area contributed by atoms with Gasteiger partial charge in [0.25, 0.3) is 0 Å². The first kappa shape index (κ1) is 16.6. The van der Waals surface area contributed by atoms with Crippen LogP contribution in [0, 0.1) is 0 Å². The molecule has 0 aliphatic rings. The van der Waals surface area contributed by atoms with Crippen molar-refractivity contribution in [3.63, 3.8) is 0 Å². The molecule has 6 nitrogen and oxygen atoms in total. The predicted octanol–water partition coefficient (Wildman–Crippen LogP) is -0.701. The Morgan fingerprint density at radius 1 is 1.15 bits per heavy atom. The van der Waals surface area contributed by atoms with Crippen molar-refractivity contribution in [1.82, 2.24) is 5.32 Å². The standard InChI is InChI=1S/C14H22N2O4/c15-12(11-4-2-1-3-5-11)6-7-13(20)16-14(8-17,9-18)10-19/h1-5,12,17-19H,6-10,15H2,(H,16,20). The Bertz CT molecular complexity index is 399. The molecule has 20 heavy (non-hydrogen) atoms. The minimum Gasteiger partial charge on any atom is -0.394 e. The van der Waals surface area contributed by atoms with Crippen LogP contribution in [0.3, 0.4) is 0 Å². The van der Waals surface area contributed by atoms with Crippen LogP contribution >= 0.6 is 0 Å². The SMILES string of the molecule is NC(CCC(=O)NC(CO)(CO)CO)c1ccccc1. The van der Waals surface area contributed by atoms with Crippen LogP contribution in [0.2, 0.25) is 0 Å². The second kappa shape index (κ2) is 7.96. The third-order valence-corrected chi connectivity index (χ3v) is 3.22. The van der Waals surface area contributed by atoms with E-state index in [4.69, 9.17) is 21.1 Å². The molecular formula is C14H22N2O4. The van der Waals surface area contributed by atoms with Gasteiger partial charge in [-0.3, -0.25) is 4.79 Å². The van der Waals surface area contributed by atoms with Gasteiger partial charge in [-0.1, -0.05) is 30.3 Å². The zero-order valence-corrected chi connectivity index (χ0v) is 11.3. The van der Waals surface area contributed by atoms with Crippen molar-refractivity contribution < 1.29 is 20.1 Å². The quantitative estimate of drug-likeness (QED) is 0.432. The lowest BCUT2D eigenvalue weighted by molar-refractivity contribution is -0.125. The summed E-state index contributed by atoms with van der Waals surface area (Å²) in [7, 11) is 0. The molecule has 0 heterocycles. The van der Waals surface area contributed by atoms with Gasteiger partial charge in [-0.05, 0) is 12.0 Å². The summed E-state index contributed by atoms with van der Waals surface area (Å²) in [4.78, 5) is 11.8. The predicted molar refractivity (Wildman–Crippen MR) is 74.7 cm³/mol. The molecule has 1 rings (SSSR count).